The molecule has 2 aromatic carbocycles. The number of rotatable bonds is 6. The summed E-state index contributed by atoms with van der Waals surface area (Å²) in [6.07, 6.45) is 0. The van der Waals surface area contributed by atoms with E-state index in [0.29, 0.717) is 5.75 Å². The van der Waals surface area contributed by atoms with Gasteiger partial charge in [-0.3, -0.25) is 4.79 Å². The van der Waals surface area contributed by atoms with E-state index in [4.69, 9.17) is 9.47 Å². The first-order valence-electron chi connectivity index (χ1n) is 6.92. The molecule has 0 bridgehead atoms. The summed E-state index contributed by atoms with van der Waals surface area (Å²) in [5.41, 5.74) is 0.591. The zero-order valence-electron chi connectivity index (χ0n) is 12.5. The maximum atomic E-state index is 13.4. The molecule has 2 aromatic rings. The summed E-state index contributed by atoms with van der Waals surface area (Å²) in [7, 11) is 1.54. The second kappa shape index (κ2) is 7.93. The van der Waals surface area contributed by atoms with Crippen molar-refractivity contribution in [3.05, 3.63) is 65.5 Å². The first kappa shape index (κ1) is 16.5. The standard InChI is InChI=1S/C17H16FNO4/c1-22-15-9-5-2-6-12(15)10-19-16(20)11-23-17(21)13-7-3-4-8-14(13)18/h2-9H,10-11H2,1H3,(H,19,20). The summed E-state index contributed by atoms with van der Waals surface area (Å²) in [6.45, 7) is -0.248. The third-order valence-electron chi connectivity index (χ3n) is 3.10. The number of carbonyl (C=O) groups is 2. The van der Waals surface area contributed by atoms with Gasteiger partial charge in [-0.1, -0.05) is 30.3 Å². The highest BCUT2D eigenvalue weighted by atomic mass is 19.1. The third-order valence-corrected chi connectivity index (χ3v) is 3.10. The first-order valence-corrected chi connectivity index (χ1v) is 6.92. The van der Waals surface area contributed by atoms with E-state index in [9.17, 15) is 14.0 Å². The second-order valence-electron chi connectivity index (χ2n) is 4.64. The van der Waals surface area contributed by atoms with Gasteiger partial charge in [-0.25, -0.2) is 9.18 Å². The number of nitrogens with one attached hydrogen (secondary N) is 1. The van der Waals surface area contributed by atoms with Gasteiger partial charge in [0.15, 0.2) is 6.61 Å². The van der Waals surface area contributed by atoms with E-state index < -0.39 is 24.3 Å². The van der Waals surface area contributed by atoms with Gasteiger partial charge in [0.05, 0.1) is 12.7 Å². The topological polar surface area (TPSA) is 64.6 Å². The molecule has 0 aromatic heterocycles. The van der Waals surface area contributed by atoms with Crippen molar-refractivity contribution < 1.29 is 23.5 Å². The van der Waals surface area contributed by atoms with Crippen molar-refractivity contribution in [2.45, 2.75) is 6.54 Å². The van der Waals surface area contributed by atoms with E-state index in [-0.39, 0.29) is 12.1 Å². The van der Waals surface area contributed by atoms with Crippen LogP contribution in [0.5, 0.6) is 5.75 Å². The van der Waals surface area contributed by atoms with Crippen LogP contribution in [0.2, 0.25) is 0 Å². The molecule has 2 rings (SSSR count). The van der Waals surface area contributed by atoms with Crippen molar-refractivity contribution in [2.24, 2.45) is 0 Å². The highest BCUT2D eigenvalue weighted by molar-refractivity contribution is 5.91. The molecule has 120 valence electrons. The van der Waals surface area contributed by atoms with E-state index in [1.807, 2.05) is 18.2 Å². The van der Waals surface area contributed by atoms with Crippen molar-refractivity contribution in [3.8, 4) is 5.75 Å². The number of halogens is 1. The minimum atomic E-state index is -0.879. The van der Waals surface area contributed by atoms with Crippen LogP contribution < -0.4 is 10.1 Å². The molecule has 0 heterocycles. The van der Waals surface area contributed by atoms with Gasteiger partial charge in [-0.15, -0.1) is 0 Å². The summed E-state index contributed by atoms with van der Waals surface area (Å²) in [6, 6.07) is 12.7. The normalized spacial score (nSPS) is 10.0. The predicted octanol–water partition coefficient (Wildman–Crippen LogP) is 2.31. The lowest BCUT2D eigenvalue weighted by molar-refractivity contribution is -0.124. The smallest absolute Gasteiger partial charge is 0.341 e. The molecule has 0 saturated heterocycles. The molecule has 0 saturated carbocycles. The molecule has 0 spiro atoms. The van der Waals surface area contributed by atoms with Crippen LogP contribution in [0, 0.1) is 5.82 Å². The molecule has 5 nitrogen and oxygen atoms in total. The summed E-state index contributed by atoms with van der Waals surface area (Å²) in [5, 5.41) is 2.61. The zero-order chi connectivity index (χ0) is 16.7. The highest BCUT2D eigenvalue weighted by Gasteiger charge is 2.14. The first-order chi connectivity index (χ1) is 11.1. The number of hydrogen-bond acceptors (Lipinski definition) is 4. The Morgan fingerprint density at radius 1 is 1.09 bits per heavy atom. The van der Waals surface area contributed by atoms with E-state index in [2.05, 4.69) is 5.32 Å². The Morgan fingerprint density at radius 2 is 1.78 bits per heavy atom. The number of hydrogen-bond donors (Lipinski definition) is 1. The van der Waals surface area contributed by atoms with Crippen LogP contribution in [-0.2, 0) is 16.1 Å². The lowest BCUT2D eigenvalue weighted by Crippen LogP contribution is -2.28. The molecule has 0 unspecified atom stereocenters. The Bertz CT molecular complexity index is 702. The molecule has 23 heavy (non-hydrogen) atoms. The number of methoxy groups -OCH3 is 1. The van der Waals surface area contributed by atoms with E-state index in [1.54, 1.807) is 6.07 Å². The molecule has 0 fully saturated rings. The summed E-state index contributed by atoms with van der Waals surface area (Å²) >= 11 is 0. The SMILES string of the molecule is COc1ccccc1CNC(=O)COC(=O)c1ccccc1F. The zero-order valence-corrected chi connectivity index (χ0v) is 12.5. The summed E-state index contributed by atoms with van der Waals surface area (Å²) in [4.78, 5) is 23.4. The van der Waals surface area contributed by atoms with Crippen molar-refractivity contribution in [2.75, 3.05) is 13.7 Å². The van der Waals surface area contributed by atoms with Crippen molar-refractivity contribution >= 4 is 11.9 Å². The number of para-hydroxylation sites is 1. The molecular weight excluding hydrogens is 301 g/mol. The molecule has 0 aliphatic rings. The predicted molar refractivity (Wildman–Crippen MR) is 81.5 cm³/mol. The maximum Gasteiger partial charge on any atom is 0.341 e. The van der Waals surface area contributed by atoms with Gasteiger partial charge in [0.1, 0.15) is 11.6 Å². The van der Waals surface area contributed by atoms with Crippen molar-refractivity contribution in [3.63, 3.8) is 0 Å². The van der Waals surface area contributed by atoms with Gasteiger partial charge in [-0.2, -0.15) is 0 Å². The van der Waals surface area contributed by atoms with Crippen LogP contribution in [0.4, 0.5) is 4.39 Å². The minimum Gasteiger partial charge on any atom is -0.496 e. The van der Waals surface area contributed by atoms with E-state index in [0.717, 1.165) is 11.6 Å². The lowest BCUT2D eigenvalue weighted by Gasteiger charge is -2.10. The Kier molecular flexibility index (Phi) is 5.68. The third kappa shape index (κ3) is 4.54. The molecule has 0 radical (unpaired) electrons. The Balaban J connectivity index is 1.84. The van der Waals surface area contributed by atoms with Crippen LogP contribution in [0.15, 0.2) is 48.5 Å². The maximum absolute atomic E-state index is 13.4. The average molecular weight is 317 g/mol. The Labute approximate surface area is 133 Å². The summed E-state index contributed by atoms with van der Waals surface area (Å²) in [5.74, 6) is -1.40. The number of carbonyl (C=O) groups excluding carboxylic acids is 2. The Hall–Kier alpha value is -2.89. The monoisotopic (exact) mass is 317 g/mol. The van der Waals surface area contributed by atoms with Gasteiger partial charge in [0.2, 0.25) is 0 Å². The fourth-order valence-electron chi connectivity index (χ4n) is 1.93. The number of esters is 1. The average Bonchev–Trinajstić information content (AvgIpc) is 2.58. The fraction of sp³-hybridized carbons (Fsp3) is 0.176. The van der Waals surface area contributed by atoms with Crippen LogP contribution in [-0.4, -0.2) is 25.6 Å². The molecule has 0 atom stereocenters. The molecule has 1 N–H and O–H groups in total. The Morgan fingerprint density at radius 3 is 2.52 bits per heavy atom. The molecule has 0 aliphatic heterocycles. The number of ether oxygens (including phenoxy) is 2. The number of amides is 1. The van der Waals surface area contributed by atoms with Crippen LogP contribution in [0.25, 0.3) is 0 Å². The highest BCUT2D eigenvalue weighted by Crippen LogP contribution is 2.16. The van der Waals surface area contributed by atoms with Gasteiger partial charge in [0.25, 0.3) is 5.91 Å². The largest absolute Gasteiger partial charge is 0.496 e. The van der Waals surface area contributed by atoms with Gasteiger partial charge < -0.3 is 14.8 Å². The van der Waals surface area contributed by atoms with Crippen molar-refractivity contribution in [1.82, 2.24) is 5.32 Å². The second-order valence-corrected chi connectivity index (χ2v) is 4.64. The molecule has 1 amide bonds. The van der Waals surface area contributed by atoms with Crippen LogP contribution in [0.1, 0.15) is 15.9 Å². The lowest BCUT2D eigenvalue weighted by atomic mass is 10.2. The molecule has 0 aliphatic carbocycles. The quantitative estimate of drug-likeness (QED) is 0.830. The van der Waals surface area contributed by atoms with Crippen LogP contribution in [0.3, 0.4) is 0 Å². The summed E-state index contributed by atoms with van der Waals surface area (Å²) < 4.78 is 23.4. The number of benzene rings is 2. The van der Waals surface area contributed by atoms with Gasteiger partial charge in [0, 0.05) is 12.1 Å². The fourth-order valence-corrected chi connectivity index (χ4v) is 1.93. The minimum absolute atomic E-state index is 0.204. The molecule has 6 heteroatoms. The van der Waals surface area contributed by atoms with Gasteiger partial charge >= 0.3 is 5.97 Å². The van der Waals surface area contributed by atoms with Gasteiger partial charge in [-0.05, 0) is 18.2 Å². The van der Waals surface area contributed by atoms with E-state index >= 15 is 0 Å². The van der Waals surface area contributed by atoms with Crippen molar-refractivity contribution in [1.29, 1.82) is 0 Å². The van der Waals surface area contributed by atoms with E-state index in [1.165, 1.54) is 25.3 Å². The molecular formula is C17H16FNO4. The van der Waals surface area contributed by atoms with Crippen LogP contribution >= 0.6 is 0 Å².